The van der Waals surface area contributed by atoms with E-state index in [-0.39, 0.29) is 0 Å². The van der Waals surface area contributed by atoms with Crippen LogP contribution in [-0.4, -0.2) is 11.5 Å². The Balaban J connectivity index is 2.43. The molecule has 14 heavy (non-hydrogen) atoms. The van der Waals surface area contributed by atoms with Crippen molar-refractivity contribution in [1.82, 2.24) is 4.98 Å². The zero-order chi connectivity index (χ0) is 10.6. The highest BCUT2D eigenvalue weighted by Crippen LogP contribution is 2.19. The second-order valence-electron chi connectivity index (χ2n) is 4.67. The summed E-state index contributed by atoms with van der Waals surface area (Å²) in [4.78, 5) is 4.01. The van der Waals surface area contributed by atoms with Crippen LogP contribution in [0.1, 0.15) is 27.2 Å². The molecule has 3 N–H and O–H groups in total. The van der Waals surface area contributed by atoms with Crippen LogP contribution in [0.4, 0.5) is 11.5 Å². The number of hydrogen-bond donors (Lipinski definition) is 2. The Labute approximate surface area is 85.7 Å². The van der Waals surface area contributed by atoms with E-state index in [4.69, 9.17) is 5.73 Å². The first-order chi connectivity index (χ1) is 6.49. The van der Waals surface area contributed by atoms with Gasteiger partial charge in [-0.15, -0.1) is 0 Å². The van der Waals surface area contributed by atoms with E-state index >= 15 is 0 Å². The lowest BCUT2D eigenvalue weighted by Crippen LogP contribution is -2.13. The van der Waals surface area contributed by atoms with Gasteiger partial charge in [0.25, 0.3) is 0 Å². The van der Waals surface area contributed by atoms with E-state index in [1.807, 2.05) is 12.1 Å². The number of nitrogens with two attached hydrogens (primary N) is 1. The van der Waals surface area contributed by atoms with Gasteiger partial charge in [0, 0.05) is 12.7 Å². The minimum absolute atomic E-state index is 0.351. The molecule has 0 aliphatic rings. The summed E-state index contributed by atoms with van der Waals surface area (Å²) in [6.07, 6.45) is 2.81. The first-order valence-corrected chi connectivity index (χ1v) is 4.93. The summed E-state index contributed by atoms with van der Waals surface area (Å²) in [5, 5.41) is 3.28. The molecule has 0 unspecified atom stereocenters. The average molecular weight is 193 g/mol. The van der Waals surface area contributed by atoms with Crippen molar-refractivity contribution in [2.75, 3.05) is 17.6 Å². The topological polar surface area (TPSA) is 50.9 Å². The van der Waals surface area contributed by atoms with Crippen LogP contribution in [0.3, 0.4) is 0 Å². The molecule has 0 aliphatic carbocycles. The Hall–Kier alpha value is -1.25. The van der Waals surface area contributed by atoms with Crippen molar-refractivity contribution in [3.05, 3.63) is 18.3 Å². The molecule has 0 saturated heterocycles. The Morgan fingerprint density at radius 2 is 2.14 bits per heavy atom. The number of nitrogens with zero attached hydrogens (tertiary/aromatic N) is 1. The molecule has 3 nitrogen and oxygen atoms in total. The van der Waals surface area contributed by atoms with Crippen LogP contribution in [0.2, 0.25) is 0 Å². The smallest absolute Gasteiger partial charge is 0.146 e. The van der Waals surface area contributed by atoms with Gasteiger partial charge in [-0.3, -0.25) is 0 Å². The molecule has 0 radical (unpaired) electrons. The van der Waals surface area contributed by atoms with E-state index < -0.39 is 0 Å². The highest BCUT2D eigenvalue weighted by atomic mass is 14.9. The summed E-state index contributed by atoms with van der Waals surface area (Å²) < 4.78 is 0. The molecule has 0 atom stereocenters. The third-order valence-electron chi connectivity index (χ3n) is 2.03. The van der Waals surface area contributed by atoms with Crippen LogP contribution in [0.25, 0.3) is 0 Å². The van der Waals surface area contributed by atoms with Gasteiger partial charge in [0.15, 0.2) is 0 Å². The molecule has 1 aromatic heterocycles. The molecule has 0 aliphatic heterocycles. The summed E-state index contributed by atoms with van der Waals surface area (Å²) >= 11 is 0. The van der Waals surface area contributed by atoms with Crippen molar-refractivity contribution < 1.29 is 0 Å². The van der Waals surface area contributed by atoms with Crippen molar-refractivity contribution in [3.63, 3.8) is 0 Å². The Morgan fingerprint density at radius 3 is 2.71 bits per heavy atom. The second kappa shape index (κ2) is 4.31. The largest absolute Gasteiger partial charge is 0.382 e. The standard InChI is InChI=1S/C11H19N3/c1-11(2,3)6-8-13-9-5-4-7-14-10(9)12/h4-5,7,13H,6,8H2,1-3H3,(H2,12,14). The van der Waals surface area contributed by atoms with Crippen LogP contribution < -0.4 is 11.1 Å². The summed E-state index contributed by atoms with van der Waals surface area (Å²) in [6.45, 7) is 7.60. The third kappa shape index (κ3) is 3.64. The third-order valence-corrected chi connectivity index (χ3v) is 2.03. The Kier molecular flexibility index (Phi) is 3.33. The molecule has 0 fully saturated rings. The summed E-state index contributed by atoms with van der Waals surface area (Å²) in [6, 6.07) is 3.83. The van der Waals surface area contributed by atoms with E-state index in [1.54, 1.807) is 6.20 Å². The normalized spacial score (nSPS) is 11.4. The van der Waals surface area contributed by atoms with Crippen molar-refractivity contribution in [2.45, 2.75) is 27.2 Å². The first-order valence-electron chi connectivity index (χ1n) is 4.93. The number of anilines is 2. The van der Waals surface area contributed by atoms with Crippen molar-refractivity contribution >= 4 is 11.5 Å². The van der Waals surface area contributed by atoms with Crippen LogP contribution in [0.15, 0.2) is 18.3 Å². The summed E-state index contributed by atoms with van der Waals surface area (Å²) in [5.74, 6) is 0.571. The van der Waals surface area contributed by atoms with Gasteiger partial charge in [0.1, 0.15) is 5.82 Å². The quantitative estimate of drug-likeness (QED) is 0.775. The highest BCUT2D eigenvalue weighted by Gasteiger charge is 2.09. The highest BCUT2D eigenvalue weighted by molar-refractivity contribution is 5.60. The lowest BCUT2D eigenvalue weighted by molar-refractivity contribution is 0.390. The SMILES string of the molecule is CC(C)(C)CCNc1cccnc1N. The van der Waals surface area contributed by atoms with Crippen molar-refractivity contribution in [1.29, 1.82) is 0 Å². The maximum absolute atomic E-state index is 5.70. The molecule has 0 bridgehead atoms. The zero-order valence-corrected chi connectivity index (χ0v) is 9.17. The van der Waals surface area contributed by atoms with Crippen molar-refractivity contribution in [2.24, 2.45) is 5.41 Å². The number of hydrogen-bond acceptors (Lipinski definition) is 3. The van der Waals surface area contributed by atoms with Crippen LogP contribution in [0, 0.1) is 5.41 Å². The monoisotopic (exact) mass is 193 g/mol. The minimum atomic E-state index is 0.351. The molecule has 0 amide bonds. The van der Waals surface area contributed by atoms with Gasteiger partial charge in [0.2, 0.25) is 0 Å². The Morgan fingerprint density at radius 1 is 1.43 bits per heavy atom. The zero-order valence-electron chi connectivity index (χ0n) is 9.17. The fourth-order valence-corrected chi connectivity index (χ4v) is 1.14. The number of nitrogens with one attached hydrogen (secondary N) is 1. The molecular formula is C11H19N3. The molecule has 3 heteroatoms. The fourth-order valence-electron chi connectivity index (χ4n) is 1.14. The number of aromatic nitrogens is 1. The number of rotatable bonds is 3. The second-order valence-corrected chi connectivity index (χ2v) is 4.67. The molecule has 1 heterocycles. The van der Waals surface area contributed by atoms with Gasteiger partial charge in [-0.25, -0.2) is 4.98 Å². The van der Waals surface area contributed by atoms with E-state index in [0.717, 1.165) is 18.7 Å². The summed E-state index contributed by atoms with van der Waals surface area (Å²) in [5.41, 5.74) is 6.98. The minimum Gasteiger partial charge on any atom is -0.382 e. The molecule has 78 valence electrons. The van der Waals surface area contributed by atoms with Crippen LogP contribution in [0.5, 0.6) is 0 Å². The van der Waals surface area contributed by atoms with Gasteiger partial charge in [-0.05, 0) is 24.0 Å². The van der Waals surface area contributed by atoms with Crippen LogP contribution in [-0.2, 0) is 0 Å². The van der Waals surface area contributed by atoms with E-state index in [0.29, 0.717) is 11.2 Å². The van der Waals surface area contributed by atoms with Gasteiger partial charge in [-0.2, -0.15) is 0 Å². The van der Waals surface area contributed by atoms with E-state index in [2.05, 4.69) is 31.1 Å². The van der Waals surface area contributed by atoms with E-state index in [9.17, 15) is 0 Å². The molecule has 0 aromatic carbocycles. The van der Waals surface area contributed by atoms with Gasteiger partial charge in [0.05, 0.1) is 5.69 Å². The maximum atomic E-state index is 5.70. The van der Waals surface area contributed by atoms with Gasteiger partial charge in [-0.1, -0.05) is 20.8 Å². The number of nitrogen functional groups attached to an aromatic ring is 1. The average Bonchev–Trinajstić information content (AvgIpc) is 2.06. The predicted octanol–water partition coefficient (Wildman–Crippen LogP) is 2.51. The fraction of sp³-hybridized carbons (Fsp3) is 0.545. The predicted molar refractivity (Wildman–Crippen MR) is 61.2 cm³/mol. The molecular weight excluding hydrogens is 174 g/mol. The summed E-state index contributed by atoms with van der Waals surface area (Å²) in [7, 11) is 0. The maximum Gasteiger partial charge on any atom is 0.146 e. The van der Waals surface area contributed by atoms with Crippen molar-refractivity contribution in [3.8, 4) is 0 Å². The molecule has 1 rings (SSSR count). The van der Waals surface area contributed by atoms with Gasteiger partial charge >= 0.3 is 0 Å². The molecule has 1 aromatic rings. The lowest BCUT2D eigenvalue weighted by Gasteiger charge is -2.18. The van der Waals surface area contributed by atoms with Gasteiger partial charge < -0.3 is 11.1 Å². The molecule has 0 spiro atoms. The Bertz CT molecular complexity index is 289. The number of pyridine rings is 1. The molecule has 0 saturated carbocycles. The lowest BCUT2D eigenvalue weighted by atomic mass is 9.92. The van der Waals surface area contributed by atoms with E-state index in [1.165, 1.54) is 0 Å². The van der Waals surface area contributed by atoms with Crippen LogP contribution >= 0.6 is 0 Å². The first kappa shape index (κ1) is 10.8.